The average molecular weight is 441 g/mol. The summed E-state index contributed by atoms with van der Waals surface area (Å²) in [5, 5.41) is 3.07. The number of halogens is 1. The molecule has 10 heteroatoms. The predicted molar refractivity (Wildman–Crippen MR) is 109 cm³/mol. The van der Waals surface area contributed by atoms with Crippen LogP contribution in [0.25, 0.3) is 0 Å². The minimum Gasteiger partial charge on any atom is -0.495 e. The number of hydrogen-bond acceptors (Lipinski definition) is 6. The molecule has 8 nitrogen and oxygen atoms in total. The van der Waals surface area contributed by atoms with Crippen molar-refractivity contribution in [3.63, 3.8) is 0 Å². The summed E-state index contributed by atoms with van der Waals surface area (Å²) < 4.78 is 41.8. The average Bonchev–Trinajstić information content (AvgIpc) is 3.13. The van der Waals surface area contributed by atoms with Gasteiger partial charge in [-0.2, -0.15) is 0 Å². The van der Waals surface area contributed by atoms with Crippen molar-refractivity contribution in [2.24, 2.45) is 0 Å². The summed E-state index contributed by atoms with van der Waals surface area (Å²) >= 11 is 6.04. The van der Waals surface area contributed by atoms with E-state index < -0.39 is 22.0 Å². The molecular weight excluding hydrogens is 420 g/mol. The maximum atomic E-state index is 12.7. The fraction of sp³-hybridized carbons (Fsp3) is 0.316. The highest BCUT2D eigenvalue weighted by Gasteiger charge is 2.31. The Hall–Kier alpha value is -2.65. The third-order valence-electron chi connectivity index (χ3n) is 4.37. The van der Waals surface area contributed by atoms with Crippen LogP contribution in [0.5, 0.6) is 17.2 Å². The van der Waals surface area contributed by atoms with Crippen LogP contribution in [-0.2, 0) is 21.4 Å². The number of fused-ring (bicyclic) bond motifs is 1. The Bertz CT molecular complexity index is 1030. The Morgan fingerprint density at radius 2 is 1.97 bits per heavy atom. The van der Waals surface area contributed by atoms with Crippen LogP contribution in [0, 0.1) is 0 Å². The molecule has 1 amide bonds. The van der Waals surface area contributed by atoms with Gasteiger partial charge in [-0.15, -0.1) is 0 Å². The molecule has 1 N–H and O–H groups in total. The first kappa shape index (κ1) is 21.1. The number of sulfonamides is 1. The van der Waals surface area contributed by atoms with Crippen molar-refractivity contribution in [1.82, 2.24) is 5.32 Å². The Kier molecular flexibility index (Phi) is 6.09. The summed E-state index contributed by atoms with van der Waals surface area (Å²) in [6.07, 6.45) is 1.02. The van der Waals surface area contributed by atoms with E-state index in [9.17, 15) is 13.2 Å². The first-order valence-electron chi connectivity index (χ1n) is 8.70. The van der Waals surface area contributed by atoms with Crippen molar-refractivity contribution in [2.45, 2.75) is 19.5 Å². The number of anilines is 1. The lowest BCUT2D eigenvalue weighted by molar-refractivity contribution is -0.122. The van der Waals surface area contributed by atoms with Gasteiger partial charge in [-0.05, 0) is 42.8 Å². The zero-order valence-corrected chi connectivity index (χ0v) is 17.7. The lowest BCUT2D eigenvalue weighted by atomic mass is 10.2. The highest BCUT2D eigenvalue weighted by molar-refractivity contribution is 7.92. The monoisotopic (exact) mass is 440 g/mol. The van der Waals surface area contributed by atoms with Crippen molar-refractivity contribution >= 4 is 33.2 Å². The van der Waals surface area contributed by atoms with Crippen LogP contribution in [0.1, 0.15) is 12.5 Å². The van der Waals surface area contributed by atoms with Crippen LogP contribution in [0.4, 0.5) is 5.69 Å². The molecule has 0 saturated heterocycles. The lowest BCUT2D eigenvalue weighted by Gasteiger charge is -2.29. The van der Waals surface area contributed by atoms with E-state index in [1.165, 1.54) is 20.1 Å². The number of nitrogens with one attached hydrogen (secondary N) is 1. The van der Waals surface area contributed by atoms with E-state index in [-0.39, 0.29) is 24.8 Å². The molecule has 0 bridgehead atoms. The molecule has 1 aliphatic heterocycles. The van der Waals surface area contributed by atoms with Gasteiger partial charge in [0.2, 0.25) is 22.7 Å². The Morgan fingerprint density at radius 1 is 1.24 bits per heavy atom. The van der Waals surface area contributed by atoms with Crippen molar-refractivity contribution < 1.29 is 27.4 Å². The molecule has 2 aromatic carbocycles. The highest BCUT2D eigenvalue weighted by Crippen LogP contribution is 2.34. The number of amides is 1. The second-order valence-electron chi connectivity index (χ2n) is 6.46. The Labute approximate surface area is 174 Å². The van der Waals surface area contributed by atoms with Crippen LogP contribution in [0.3, 0.4) is 0 Å². The Morgan fingerprint density at radius 3 is 2.66 bits per heavy atom. The zero-order valence-electron chi connectivity index (χ0n) is 16.1. The van der Waals surface area contributed by atoms with Crippen molar-refractivity contribution in [2.75, 3.05) is 24.5 Å². The Balaban J connectivity index is 1.80. The largest absolute Gasteiger partial charge is 0.495 e. The molecule has 0 spiro atoms. The third-order valence-corrected chi connectivity index (χ3v) is 5.83. The second kappa shape index (κ2) is 8.38. The van der Waals surface area contributed by atoms with Crippen molar-refractivity contribution in [3.05, 3.63) is 47.0 Å². The predicted octanol–water partition coefficient (Wildman–Crippen LogP) is 2.55. The molecule has 1 atom stereocenters. The van der Waals surface area contributed by atoms with Gasteiger partial charge in [0.1, 0.15) is 11.8 Å². The zero-order chi connectivity index (χ0) is 21.2. The number of nitrogens with zero attached hydrogens (tertiary/aromatic N) is 1. The first-order chi connectivity index (χ1) is 13.7. The maximum Gasteiger partial charge on any atom is 0.243 e. The fourth-order valence-electron chi connectivity index (χ4n) is 3.00. The van der Waals surface area contributed by atoms with E-state index in [2.05, 4.69) is 5.32 Å². The van der Waals surface area contributed by atoms with Gasteiger partial charge in [-0.1, -0.05) is 17.7 Å². The number of ether oxygens (including phenoxy) is 3. The van der Waals surface area contributed by atoms with Crippen LogP contribution in [0.15, 0.2) is 36.4 Å². The van der Waals surface area contributed by atoms with Gasteiger partial charge in [-0.25, -0.2) is 8.42 Å². The third kappa shape index (κ3) is 4.68. The van der Waals surface area contributed by atoms with E-state index in [4.69, 9.17) is 25.8 Å². The summed E-state index contributed by atoms with van der Waals surface area (Å²) in [5.74, 6) is 1.06. The molecule has 1 heterocycles. The lowest BCUT2D eigenvalue weighted by Crippen LogP contribution is -2.47. The molecular formula is C19H21ClN2O6S. The maximum absolute atomic E-state index is 12.7. The van der Waals surface area contributed by atoms with Gasteiger partial charge in [0.05, 0.1) is 19.1 Å². The molecule has 29 heavy (non-hydrogen) atoms. The molecule has 0 aliphatic carbocycles. The minimum atomic E-state index is -3.81. The molecule has 1 aliphatic rings. The number of carbonyl (C=O) groups excluding carboxylic acids is 1. The van der Waals surface area contributed by atoms with Gasteiger partial charge in [0, 0.05) is 11.6 Å². The van der Waals surface area contributed by atoms with Gasteiger partial charge in [0.25, 0.3) is 0 Å². The summed E-state index contributed by atoms with van der Waals surface area (Å²) in [7, 11) is -2.39. The fourth-order valence-corrected chi connectivity index (χ4v) is 4.34. The summed E-state index contributed by atoms with van der Waals surface area (Å²) in [6.45, 7) is 1.85. The molecule has 0 radical (unpaired) electrons. The molecule has 0 saturated carbocycles. The molecule has 3 rings (SSSR count). The van der Waals surface area contributed by atoms with Crippen LogP contribution in [-0.4, -0.2) is 40.5 Å². The van der Waals surface area contributed by atoms with Gasteiger partial charge >= 0.3 is 0 Å². The number of methoxy groups -OCH3 is 1. The first-order valence-corrected chi connectivity index (χ1v) is 10.9. The van der Waals surface area contributed by atoms with Crippen LogP contribution in [0.2, 0.25) is 5.02 Å². The normalized spacial score (nSPS) is 13.7. The van der Waals surface area contributed by atoms with E-state index in [0.29, 0.717) is 16.5 Å². The number of rotatable bonds is 7. The summed E-state index contributed by atoms with van der Waals surface area (Å²) in [6, 6.07) is 8.86. The van der Waals surface area contributed by atoms with E-state index in [1.54, 1.807) is 30.3 Å². The molecule has 156 valence electrons. The molecule has 2 aromatic rings. The number of benzene rings is 2. The number of hydrogen-bond donors (Lipinski definition) is 1. The van der Waals surface area contributed by atoms with Crippen LogP contribution < -0.4 is 23.8 Å². The topological polar surface area (TPSA) is 94.2 Å². The van der Waals surface area contributed by atoms with Crippen molar-refractivity contribution in [1.29, 1.82) is 0 Å². The van der Waals surface area contributed by atoms with E-state index in [0.717, 1.165) is 16.1 Å². The molecule has 0 aromatic heterocycles. The van der Waals surface area contributed by atoms with Gasteiger partial charge in [0.15, 0.2) is 11.5 Å². The van der Waals surface area contributed by atoms with E-state index in [1.807, 2.05) is 0 Å². The van der Waals surface area contributed by atoms with Gasteiger partial charge < -0.3 is 19.5 Å². The standard InChI is InChI=1S/C19H21ClN2O6S/c1-12(19(23)21-10-13-4-6-17-18(8-13)28-11-27-17)22(29(3,24)25)15-9-14(20)5-7-16(15)26-2/h4-9,12H,10-11H2,1-3H3,(H,21,23)/t12-/m1/s1. The molecule has 0 fully saturated rings. The summed E-state index contributed by atoms with van der Waals surface area (Å²) in [5.41, 5.74) is 0.981. The summed E-state index contributed by atoms with van der Waals surface area (Å²) in [4.78, 5) is 12.7. The SMILES string of the molecule is COc1ccc(Cl)cc1N([C@H](C)C(=O)NCc1ccc2c(c1)OCO2)S(C)(=O)=O. The van der Waals surface area contributed by atoms with Crippen molar-refractivity contribution in [3.8, 4) is 17.2 Å². The van der Waals surface area contributed by atoms with Crippen LogP contribution >= 0.6 is 11.6 Å². The second-order valence-corrected chi connectivity index (χ2v) is 8.75. The minimum absolute atomic E-state index is 0.160. The van der Waals surface area contributed by atoms with Gasteiger partial charge in [-0.3, -0.25) is 9.10 Å². The highest BCUT2D eigenvalue weighted by atomic mass is 35.5. The number of carbonyl (C=O) groups is 1. The smallest absolute Gasteiger partial charge is 0.243 e. The van der Waals surface area contributed by atoms with E-state index >= 15 is 0 Å². The molecule has 0 unspecified atom stereocenters. The quantitative estimate of drug-likeness (QED) is 0.711.